The molecule has 0 unspecified atom stereocenters. The van der Waals surface area contributed by atoms with Crippen molar-refractivity contribution in [3.8, 4) is 0 Å². The predicted octanol–water partition coefficient (Wildman–Crippen LogP) is 8.97. The molecule has 0 bridgehead atoms. The standard InChI is InChI=1S/C28H38.2CH3.Y/c1-12-15-28(10,11)24-14-13-18(4)25(16-24)26(17(2)3)27-22(8)20(6)19(5)21(7)23(27)9;;;/h12-13,16H,15H2,1-11H3;2*1H3;/q-2;2*-1;. The Labute approximate surface area is 220 Å². The van der Waals surface area contributed by atoms with Gasteiger partial charge in [-0.1, -0.05) is 31.8 Å². The molecule has 1 radical (unpaired) electrons. The molecule has 31 heavy (non-hydrogen) atoms. The van der Waals surface area contributed by atoms with Gasteiger partial charge in [0.25, 0.3) is 0 Å². The largest absolute Gasteiger partial charge is 0.358 e. The maximum Gasteiger partial charge on any atom is 0 e. The molecular weight excluding hydrogens is 449 g/mol. The third kappa shape index (κ3) is 6.42. The van der Waals surface area contributed by atoms with Crippen LogP contribution in [0.2, 0.25) is 0 Å². The second-order valence-electron chi connectivity index (χ2n) is 9.31. The Hall–Kier alpha value is -0.716. The first-order chi connectivity index (χ1) is 12.9. The summed E-state index contributed by atoms with van der Waals surface area (Å²) in [6, 6.07) is 8.14. The zero-order valence-corrected chi connectivity index (χ0v) is 25.4. The van der Waals surface area contributed by atoms with E-state index in [1.165, 1.54) is 61.2 Å². The summed E-state index contributed by atoms with van der Waals surface area (Å²) in [5.41, 5.74) is 15.3. The van der Waals surface area contributed by atoms with Gasteiger partial charge in [0.05, 0.1) is 0 Å². The van der Waals surface area contributed by atoms with Gasteiger partial charge in [0, 0.05) is 32.7 Å². The van der Waals surface area contributed by atoms with E-state index in [0.29, 0.717) is 0 Å². The minimum atomic E-state index is 0. The number of rotatable bonds is 5. The first-order valence-corrected chi connectivity index (χ1v) is 10.5. The van der Waals surface area contributed by atoms with Crippen molar-refractivity contribution >= 4 is 5.57 Å². The van der Waals surface area contributed by atoms with E-state index in [2.05, 4.69) is 101 Å². The van der Waals surface area contributed by atoms with Gasteiger partial charge in [-0.2, -0.15) is 42.7 Å². The molecule has 2 aromatic carbocycles. The molecule has 0 saturated heterocycles. The summed E-state index contributed by atoms with van der Waals surface area (Å²) < 4.78 is 0. The van der Waals surface area contributed by atoms with Crippen molar-refractivity contribution in [3.63, 3.8) is 0 Å². The Morgan fingerprint density at radius 3 is 1.74 bits per heavy atom. The first-order valence-electron chi connectivity index (χ1n) is 10.5. The molecular formula is C30H44Y-4. The van der Waals surface area contributed by atoms with Gasteiger partial charge in [-0.25, -0.2) is 0 Å². The van der Waals surface area contributed by atoms with Crippen LogP contribution in [0.4, 0.5) is 0 Å². The molecule has 0 atom stereocenters. The normalized spacial score (nSPS) is 10.5. The van der Waals surface area contributed by atoms with Crippen LogP contribution >= 0.6 is 0 Å². The van der Waals surface area contributed by atoms with E-state index in [1.807, 2.05) is 0 Å². The number of hydrogen-bond donors (Lipinski definition) is 0. The van der Waals surface area contributed by atoms with Gasteiger partial charge in [-0.05, 0) is 87.4 Å². The maximum atomic E-state index is 3.57. The predicted molar refractivity (Wildman–Crippen MR) is 138 cm³/mol. The quantitative estimate of drug-likeness (QED) is 0.365. The molecule has 0 saturated carbocycles. The van der Waals surface area contributed by atoms with Crippen LogP contribution in [0, 0.1) is 68.9 Å². The van der Waals surface area contributed by atoms with Crippen LogP contribution in [0.15, 0.2) is 17.7 Å². The summed E-state index contributed by atoms with van der Waals surface area (Å²) in [6.45, 7) is 24.8. The van der Waals surface area contributed by atoms with Crippen LogP contribution < -0.4 is 0 Å². The number of allylic oxidation sites excluding steroid dienone is 1. The van der Waals surface area contributed by atoms with Crippen molar-refractivity contribution in [2.45, 2.75) is 88.0 Å². The molecule has 0 fully saturated rings. The summed E-state index contributed by atoms with van der Waals surface area (Å²) in [6.07, 6.45) is 3.31. The zero-order valence-electron chi connectivity index (χ0n) is 22.5. The third-order valence-electron chi connectivity index (χ3n) is 6.62. The smallest absolute Gasteiger partial charge is 0 e. The van der Waals surface area contributed by atoms with Crippen molar-refractivity contribution in [2.24, 2.45) is 0 Å². The summed E-state index contributed by atoms with van der Waals surface area (Å²) >= 11 is 0. The number of hydrogen-bond acceptors (Lipinski definition) is 0. The van der Waals surface area contributed by atoms with Gasteiger partial charge in [0.1, 0.15) is 0 Å². The number of aryl methyl sites for hydroxylation is 1. The van der Waals surface area contributed by atoms with Crippen molar-refractivity contribution in [1.29, 1.82) is 0 Å². The van der Waals surface area contributed by atoms with Gasteiger partial charge in [-0.15, -0.1) is 5.56 Å². The molecule has 0 aromatic heterocycles. The second kappa shape index (κ2) is 12.5. The van der Waals surface area contributed by atoms with Gasteiger partial charge >= 0.3 is 0 Å². The molecule has 1 heteroatoms. The van der Waals surface area contributed by atoms with E-state index in [-0.39, 0.29) is 53.0 Å². The number of benzene rings is 2. The van der Waals surface area contributed by atoms with Gasteiger partial charge < -0.3 is 21.3 Å². The van der Waals surface area contributed by atoms with E-state index in [4.69, 9.17) is 0 Å². The van der Waals surface area contributed by atoms with Gasteiger partial charge in [0.15, 0.2) is 0 Å². The Balaban J connectivity index is 0. The summed E-state index contributed by atoms with van der Waals surface area (Å²) in [5.74, 6) is 0. The maximum absolute atomic E-state index is 3.57. The fourth-order valence-corrected chi connectivity index (χ4v) is 4.37. The molecule has 0 nitrogen and oxygen atoms in total. The van der Waals surface area contributed by atoms with Crippen LogP contribution in [-0.2, 0) is 38.1 Å². The zero-order chi connectivity index (χ0) is 21.4. The first kappa shape index (κ1) is 32.5. The van der Waals surface area contributed by atoms with E-state index in [1.54, 1.807) is 0 Å². The molecule has 0 aliphatic rings. The SMILES string of the molecule is C[CH-]CC(C)(C)c1[c-]cc(C)c(C(=C(C)C)c2c(C)c(C)c(C)c(C)c2C)c1.[CH3-].[CH3-].[Y]. The molecule has 0 N–H and O–H groups in total. The molecule has 2 aromatic rings. The van der Waals surface area contributed by atoms with Crippen molar-refractivity contribution in [2.75, 3.05) is 0 Å². The van der Waals surface area contributed by atoms with Gasteiger partial charge in [-0.3, -0.25) is 0 Å². The second-order valence-corrected chi connectivity index (χ2v) is 9.31. The van der Waals surface area contributed by atoms with Crippen molar-refractivity contribution in [1.82, 2.24) is 0 Å². The fourth-order valence-electron chi connectivity index (χ4n) is 4.37. The fraction of sp³-hybridized carbons (Fsp3) is 0.433. The molecule has 171 valence electrons. The van der Waals surface area contributed by atoms with Crippen LogP contribution in [0.3, 0.4) is 0 Å². The van der Waals surface area contributed by atoms with Crippen LogP contribution in [0.25, 0.3) is 5.57 Å². The molecule has 0 aliphatic carbocycles. The minimum absolute atomic E-state index is 0. The third-order valence-corrected chi connectivity index (χ3v) is 6.62. The molecule has 0 amide bonds. The molecule has 0 heterocycles. The van der Waals surface area contributed by atoms with Crippen LogP contribution in [-0.4, -0.2) is 0 Å². The van der Waals surface area contributed by atoms with Crippen LogP contribution in [0.5, 0.6) is 0 Å². The van der Waals surface area contributed by atoms with E-state index in [9.17, 15) is 0 Å². The molecule has 0 aliphatic heterocycles. The average molecular weight is 494 g/mol. The Bertz CT molecular complexity index is 893. The monoisotopic (exact) mass is 493 g/mol. The van der Waals surface area contributed by atoms with E-state index >= 15 is 0 Å². The van der Waals surface area contributed by atoms with E-state index in [0.717, 1.165) is 6.42 Å². The summed E-state index contributed by atoms with van der Waals surface area (Å²) in [4.78, 5) is 0. The average Bonchev–Trinajstić information content (AvgIpc) is 2.62. The Morgan fingerprint density at radius 1 is 0.871 bits per heavy atom. The van der Waals surface area contributed by atoms with Crippen LogP contribution in [0.1, 0.15) is 91.1 Å². The van der Waals surface area contributed by atoms with Crippen molar-refractivity contribution in [3.05, 3.63) is 95.1 Å². The Morgan fingerprint density at radius 2 is 1.32 bits per heavy atom. The topological polar surface area (TPSA) is 0 Å². The van der Waals surface area contributed by atoms with Crippen molar-refractivity contribution < 1.29 is 32.7 Å². The Kier molecular flexibility index (Phi) is 13.1. The van der Waals surface area contributed by atoms with E-state index < -0.39 is 0 Å². The van der Waals surface area contributed by atoms with Gasteiger partial charge in [0.2, 0.25) is 0 Å². The molecule has 2 rings (SSSR count). The minimum Gasteiger partial charge on any atom is -0.358 e. The summed E-state index contributed by atoms with van der Waals surface area (Å²) in [5, 5.41) is 0. The molecule has 0 spiro atoms. The summed E-state index contributed by atoms with van der Waals surface area (Å²) in [7, 11) is 0.